The van der Waals surface area contributed by atoms with E-state index in [4.69, 9.17) is 4.74 Å². The maximum atomic E-state index is 12.8. The third-order valence-electron chi connectivity index (χ3n) is 2.88. The minimum Gasteiger partial charge on any atom is -0.486 e. The molecule has 0 aliphatic heterocycles. The van der Waals surface area contributed by atoms with Gasteiger partial charge in [0.1, 0.15) is 18.2 Å². The smallest absolute Gasteiger partial charge is 0.234 e. The molecule has 2 aromatic heterocycles. The molecular formula is C14H15FN4OS. The van der Waals surface area contributed by atoms with Crippen LogP contribution in [0.25, 0.3) is 4.96 Å². The average molecular weight is 306 g/mol. The maximum Gasteiger partial charge on any atom is 0.234 e. The number of aromatic nitrogens is 4. The first kappa shape index (κ1) is 13.9. The molecule has 0 aliphatic carbocycles. The second-order valence-electron chi connectivity index (χ2n) is 5.71. The van der Waals surface area contributed by atoms with Gasteiger partial charge in [0.25, 0.3) is 0 Å². The largest absolute Gasteiger partial charge is 0.486 e. The predicted molar refractivity (Wildman–Crippen MR) is 78.1 cm³/mol. The van der Waals surface area contributed by atoms with Gasteiger partial charge < -0.3 is 4.74 Å². The van der Waals surface area contributed by atoms with Gasteiger partial charge in [-0.25, -0.2) is 4.39 Å². The van der Waals surface area contributed by atoms with Crippen LogP contribution in [0.3, 0.4) is 0 Å². The molecule has 0 atom stereocenters. The predicted octanol–water partition coefficient (Wildman–Crippen LogP) is 3.20. The number of hydrogen-bond donors (Lipinski definition) is 0. The van der Waals surface area contributed by atoms with E-state index in [0.717, 1.165) is 15.8 Å². The standard InChI is InChI=1S/C14H15FN4OS/c1-14(2,3)12-16-17-13-19(12)18-11(21-13)8-20-10-6-4-9(15)5-7-10/h4-7H,8H2,1-3H3. The van der Waals surface area contributed by atoms with Crippen LogP contribution in [0.4, 0.5) is 4.39 Å². The van der Waals surface area contributed by atoms with E-state index in [9.17, 15) is 4.39 Å². The summed E-state index contributed by atoms with van der Waals surface area (Å²) in [6, 6.07) is 5.92. The highest BCUT2D eigenvalue weighted by Gasteiger charge is 2.23. The topological polar surface area (TPSA) is 52.3 Å². The Kier molecular flexibility index (Phi) is 3.36. The fourth-order valence-electron chi connectivity index (χ4n) is 1.86. The minimum absolute atomic E-state index is 0.122. The molecule has 7 heteroatoms. The second-order valence-corrected chi connectivity index (χ2v) is 6.75. The highest BCUT2D eigenvalue weighted by Crippen LogP contribution is 2.24. The summed E-state index contributed by atoms with van der Waals surface area (Å²) in [5.74, 6) is 1.15. The Morgan fingerprint density at radius 3 is 2.57 bits per heavy atom. The fraction of sp³-hybridized carbons (Fsp3) is 0.357. The molecular weight excluding hydrogens is 291 g/mol. The van der Waals surface area contributed by atoms with E-state index in [1.165, 1.54) is 23.5 Å². The van der Waals surface area contributed by atoms with E-state index in [1.54, 1.807) is 16.6 Å². The lowest BCUT2D eigenvalue weighted by atomic mass is 9.96. The molecule has 5 nitrogen and oxygen atoms in total. The summed E-state index contributed by atoms with van der Waals surface area (Å²) in [5.41, 5.74) is -0.122. The molecule has 0 saturated heterocycles. The Morgan fingerprint density at radius 1 is 1.19 bits per heavy atom. The third kappa shape index (κ3) is 2.87. The van der Waals surface area contributed by atoms with Gasteiger partial charge in [-0.1, -0.05) is 32.1 Å². The van der Waals surface area contributed by atoms with Crippen molar-refractivity contribution in [3.05, 3.63) is 40.9 Å². The van der Waals surface area contributed by atoms with E-state index in [2.05, 4.69) is 36.1 Å². The van der Waals surface area contributed by atoms with Gasteiger partial charge in [-0.15, -0.1) is 10.2 Å². The highest BCUT2D eigenvalue weighted by atomic mass is 32.1. The van der Waals surface area contributed by atoms with Gasteiger partial charge in [-0.2, -0.15) is 9.61 Å². The van der Waals surface area contributed by atoms with Crippen LogP contribution in [-0.2, 0) is 12.0 Å². The summed E-state index contributed by atoms with van der Waals surface area (Å²) < 4.78 is 20.2. The molecule has 0 aliphatic rings. The number of fused-ring (bicyclic) bond motifs is 1. The van der Waals surface area contributed by atoms with E-state index in [1.807, 2.05) is 0 Å². The summed E-state index contributed by atoms with van der Waals surface area (Å²) in [7, 11) is 0. The maximum absolute atomic E-state index is 12.8. The Balaban J connectivity index is 1.79. The van der Waals surface area contributed by atoms with Crippen molar-refractivity contribution in [2.24, 2.45) is 0 Å². The van der Waals surface area contributed by atoms with E-state index < -0.39 is 0 Å². The SMILES string of the molecule is CC(C)(C)c1nnc2sc(COc3ccc(F)cc3)nn12. The van der Waals surface area contributed by atoms with Crippen LogP contribution in [-0.4, -0.2) is 19.8 Å². The zero-order chi connectivity index (χ0) is 15.0. The van der Waals surface area contributed by atoms with Crippen molar-refractivity contribution < 1.29 is 9.13 Å². The number of benzene rings is 1. The van der Waals surface area contributed by atoms with Crippen molar-refractivity contribution in [1.29, 1.82) is 0 Å². The number of halogens is 1. The third-order valence-corrected chi connectivity index (χ3v) is 3.75. The monoisotopic (exact) mass is 306 g/mol. The molecule has 0 spiro atoms. The summed E-state index contributed by atoms with van der Waals surface area (Å²) in [4.78, 5) is 0.748. The molecule has 21 heavy (non-hydrogen) atoms. The van der Waals surface area contributed by atoms with Crippen LogP contribution < -0.4 is 4.74 Å². The van der Waals surface area contributed by atoms with Gasteiger partial charge in [0, 0.05) is 5.41 Å². The van der Waals surface area contributed by atoms with Crippen molar-refractivity contribution in [3.63, 3.8) is 0 Å². The Morgan fingerprint density at radius 2 is 1.90 bits per heavy atom. The molecule has 2 heterocycles. The highest BCUT2D eigenvalue weighted by molar-refractivity contribution is 7.16. The van der Waals surface area contributed by atoms with Gasteiger partial charge >= 0.3 is 0 Å². The lowest BCUT2D eigenvalue weighted by molar-refractivity contribution is 0.303. The first-order chi connectivity index (χ1) is 9.93. The molecule has 3 aromatic rings. The van der Waals surface area contributed by atoms with Crippen molar-refractivity contribution in [1.82, 2.24) is 19.8 Å². The quantitative estimate of drug-likeness (QED) is 0.745. The van der Waals surface area contributed by atoms with E-state index in [0.29, 0.717) is 12.4 Å². The van der Waals surface area contributed by atoms with E-state index in [-0.39, 0.29) is 11.2 Å². The summed E-state index contributed by atoms with van der Waals surface area (Å²) in [5, 5.41) is 13.6. The van der Waals surface area contributed by atoms with Gasteiger partial charge in [-0.3, -0.25) is 0 Å². The van der Waals surface area contributed by atoms with Gasteiger partial charge in [0.2, 0.25) is 4.96 Å². The number of rotatable bonds is 3. The van der Waals surface area contributed by atoms with Crippen molar-refractivity contribution in [3.8, 4) is 5.75 Å². The molecule has 0 amide bonds. The first-order valence-electron chi connectivity index (χ1n) is 6.53. The average Bonchev–Trinajstić information content (AvgIpc) is 2.96. The van der Waals surface area contributed by atoms with Gasteiger partial charge in [0.15, 0.2) is 10.8 Å². The Bertz CT molecular complexity index is 757. The number of hydrogen-bond acceptors (Lipinski definition) is 5. The van der Waals surface area contributed by atoms with Crippen molar-refractivity contribution >= 4 is 16.3 Å². The normalized spacial score (nSPS) is 12.0. The first-order valence-corrected chi connectivity index (χ1v) is 7.35. The zero-order valence-electron chi connectivity index (χ0n) is 12.0. The Hall–Kier alpha value is -2.02. The van der Waals surface area contributed by atoms with Crippen LogP contribution in [0.2, 0.25) is 0 Å². The van der Waals surface area contributed by atoms with Crippen LogP contribution >= 0.6 is 11.3 Å². The van der Waals surface area contributed by atoms with Crippen molar-refractivity contribution in [2.45, 2.75) is 32.8 Å². The summed E-state index contributed by atoms with van der Waals surface area (Å²) in [6.45, 7) is 6.52. The van der Waals surface area contributed by atoms with Gasteiger partial charge in [-0.05, 0) is 24.3 Å². The fourth-order valence-corrected chi connectivity index (χ4v) is 2.60. The molecule has 0 fully saturated rings. The molecule has 0 bridgehead atoms. The molecule has 3 rings (SSSR count). The summed E-state index contributed by atoms with van der Waals surface area (Å²) >= 11 is 1.44. The zero-order valence-corrected chi connectivity index (χ0v) is 12.8. The van der Waals surface area contributed by atoms with Crippen LogP contribution in [0.5, 0.6) is 5.75 Å². The Labute approximate surface area is 125 Å². The van der Waals surface area contributed by atoms with Crippen LogP contribution in [0.1, 0.15) is 31.6 Å². The molecule has 0 saturated carbocycles. The molecule has 1 aromatic carbocycles. The molecule has 0 radical (unpaired) electrons. The second kappa shape index (κ2) is 5.07. The molecule has 0 N–H and O–H groups in total. The minimum atomic E-state index is -0.282. The number of nitrogens with zero attached hydrogens (tertiary/aromatic N) is 4. The lowest BCUT2D eigenvalue weighted by Crippen LogP contribution is -2.16. The molecule has 110 valence electrons. The van der Waals surface area contributed by atoms with Crippen LogP contribution in [0, 0.1) is 5.82 Å². The van der Waals surface area contributed by atoms with E-state index >= 15 is 0 Å². The lowest BCUT2D eigenvalue weighted by Gasteiger charge is -2.13. The number of ether oxygens (including phenoxy) is 1. The van der Waals surface area contributed by atoms with Crippen LogP contribution in [0.15, 0.2) is 24.3 Å². The van der Waals surface area contributed by atoms with Gasteiger partial charge in [0.05, 0.1) is 0 Å². The molecule has 0 unspecified atom stereocenters. The summed E-state index contributed by atoms with van der Waals surface area (Å²) in [6.07, 6.45) is 0. The van der Waals surface area contributed by atoms with Crippen molar-refractivity contribution in [2.75, 3.05) is 0 Å².